The van der Waals surface area contributed by atoms with E-state index in [0.29, 0.717) is 0 Å². The minimum absolute atomic E-state index is 0.805. The van der Waals surface area contributed by atoms with E-state index in [1.807, 2.05) is 7.05 Å². The van der Waals surface area contributed by atoms with E-state index in [1.54, 1.807) is 0 Å². The van der Waals surface area contributed by atoms with Crippen molar-refractivity contribution in [2.45, 2.75) is 25.7 Å². The van der Waals surface area contributed by atoms with Crippen LogP contribution in [0.3, 0.4) is 0 Å². The summed E-state index contributed by atoms with van der Waals surface area (Å²) in [6.07, 6.45) is 4.84. The minimum Gasteiger partial charge on any atom is -0.494 e. The van der Waals surface area contributed by atoms with E-state index in [4.69, 9.17) is 24.5 Å². The molecule has 0 spiro atoms. The van der Waals surface area contributed by atoms with Gasteiger partial charge in [0.15, 0.2) is 0 Å². The van der Waals surface area contributed by atoms with E-state index in [9.17, 15) is 0 Å². The molecular weight excluding hydrogens is 274 g/mol. The molecule has 0 atom stereocenters. The average molecular weight is 295 g/mol. The van der Waals surface area contributed by atoms with Crippen LogP contribution >= 0.6 is 0 Å². The first-order valence-electron chi connectivity index (χ1n) is 6.90. The van der Waals surface area contributed by atoms with Crippen LogP contribution in [0.1, 0.15) is 24.0 Å². The molecule has 0 heterocycles. The van der Waals surface area contributed by atoms with Gasteiger partial charge in [-0.25, -0.2) is 9.59 Å². The van der Waals surface area contributed by atoms with Crippen LogP contribution in [0.4, 0.5) is 0 Å². The highest BCUT2D eigenvalue weighted by atomic mass is 16.5. The monoisotopic (exact) mass is 295 g/mol. The fourth-order valence-electron chi connectivity index (χ4n) is 2.08. The minimum atomic E-state index is -1.82. The summed E-state index contributed by atoms with van der Waals surface area (Å²) in [6.45, 7) is 1.82. The number of hydrogen-bond acceptors (Lipinski definition) is 4. The molecule has 1 aliphatic rings. The maximum atomic E-state index is 9.10. The van der Waals surface area contributed by atoms with Crippen molar-refractivity contribution in [2.24, 2.45) is 0 Å². The summed E-state index contributed by atoms with van der Waals surface area (Å²) < 4.78 is 5.69. The van der Waals surface area contributed by atoms with Crippen molar-refractivity contribution < 1.29 is 24.5 Å². The molecule has 0 saturated carbocycles. The van der Waals surface area contributed by atoms with Crippen molar-refractivity contribution in [3.8, 4) is 5.75 Å². The third-order valence-corrected chi connectivity index (χ3v) is 3.09. The number of rotatable bonds is 5. The van der Waals surface area contributed by atoms with Crippen molar-refractivity contribution in [1.82, 2.24) is 5.32 Å². The smallest absolute Gasteiger partial charge is 0.414 e. The Labute approximate surface area is 123 Å². The maximum Gasteiger partial charge on any atom is 0.414 e. The summed E-state index contributed by atoms with van der Waals surface area (Å²) in [6, 6.07) is 6.53. The summed E-state index contributed by atoms with van der Waals surface area (Å²) in [5.74, 6) is -2.61. The predicted octanol–water partition coefficient (Wildman–Crippen LogP) is 1.32. The van der Waals surface area contributed by atoms with Crippen molar-refractivity contribution in [3.05, 3.63) is 29.3 Å². The van der Waals surface area contributed by atoms with E-state index >= 15 is 0 Å². The topological polar surface area (TPSA) is 95.9 Å². The molecule has 0 saturated heterocycles. The fraction of sp³-hybridized carbons (Fsp3) is 0.467. The van der Waals surface area contributed by atoms with Crippen LogP contribution in [0.15, 0.2) is 18.2 Å². The van der Waals surface area contributed by atoms with Gasteiger partial charge >= 0.3 is 11.9 Å². The number of aliphatic carboxylic acids is 2. The lowest BCUT2D eigenvalue weighted by atomic mass is 10.1. The molecular formula is C15H21NO5. The third-order valence-electron chi connectivity index (χ3n) is 3.09. The molecule has 0 unspecified atom stereocenters. The average Bonchev–Trinajstić information content (AvgIpc) is 2.91. The second-order valence-corrected chi connectivity index (χ2v) is 4.70. The number of benzene rings is 1. The lowest BCUT2D eigenvalue weighted by Gasteiger charge is -2.07. The second-order valence-electron chi connectivity index (χ2n) is 4.70. The zero-order chi connectivity index (χ0) is 15.7. The SMILES string of the molecule is CNCCCOc1ccc2c(c1)CCC2.O=C(O)C(=O)O. The Kier molecular flexibility index (Phi) is 7.25. The van der Waals surface area contributed by atoms with Crippen molar-refractivity contribution >= 4 is 11.9 Å². The van der Waals surface area contributed by atoms with Crippen molar-refractivity contribution in [2.75, 3.05) is 20.2 Å². The molecule has 0 aliphatic heterocycles. The molecule has 0 bridgehead atoms. The van der Waals surface area contributed by atoms with E-state index in [0.717, 1.165) is 25.3 Å². The van der Waals surface area contributed by atoms with Crippen LogP contribution < -0.4 is 10.1 Å². The molecule has 1 aromatic rings. The Bertz CT molecular complexity index is 475. The molecule has 21 heavy (non-hydrogen) atoms. The van der Waals surface area contributed by atoms with Gasteiger partial charge in [0.05, 0.1) is 6.61 Å². The van der Waals surface area contributed by atoms with Gasteiger partial charge in [-0.05, 0) is 62.5 Å². The van der Waals surface area contributed by atoms with Crippen LogP contribution in [-0.4, -0.2) is 42.4 Å². The Morgan fingerprint density at radius 3 is 2.48 bits per heavy atom. The molecule has 1 aromatic carbocycles. The largest absolute Gasteiger partial charge is 0.494 e. The van der Waals surface area contributed by atoms with Gasteiger partial charge in [-0.1, -0.05) is 6.07 Å². The Morgan fingerprint density at radius 1 is 1.19 bits per heavy atom. The lowest BCUT2D eigenvalue weighted by molar-refractivity contribution is -0.159. The molecule has 0 amide bonds. The van der Waals surface area contributed by atoms with Crippen LogP contribution in [0.5, 0.6) is 5.75 Å². The third kappa shape index (κ3) is 6.27. The van der Waals surface area contributed by atoms with Crippen LogP contribution in [0, 0.1) is 0 Å². The molecule has 6 heteroatoms. The number of ether oxygens (including phenoxy) is 1. The van der Waals surface area contributed by atoms with Gasteiger partial charge in [0.2, 0.25) is 0 Å². The van der Waals surface area contributed by atoms with Gasteiger partial charge in [0.25, 0.3) is 0 Å². The van der Waals surface area contributed by atoms with Crippen LogP contribution in [0.25, 0.3) is 0 Å². The first-order chi connectivity index (χ1) is 10.0. The van der Waals surface area contributed by atoms with Crippen LogP contribution in [0.2, 0.25) is 0 Å². The van der Waals surface area contributed by atoms with Gasteiger partial charge in [0.1, 0.15) is 5.75 Å². The highest BCUT2D eigenvalue weighted by Crippen LogP contribution is 2.25. The number of carbonyl (C=O) groups is 2. The highest BCUT2D eigenvalue weighted by Gasteiger charge is 2.10. The van der Waals surface area contributed by atoms with Gasteiger partial charge < -0.3 is 20.3 Å². The van der Waals surface area contributed by atoms with Gasteiger partial charge in [0, 0.05) is 0 Å². The molecule has 0 aromatic heterocycles. The predicted molar refractivity (Wildman–Crippen MR) is 77.8 cm³/mol. The summed E-state index contributed by atoms with van der Waals surface area (Å²) in [5.41, 5.74) is 3.00. The van der Waals surface area contributed by atoms with Crippen molar-refractivity contribution in [1.29, 1.82) is 0 Å². The first-order valence-corrected chi connectivity index (χ1v) is 6.90. The number of carboxylic acids is 2. The first kappa shape index (κ1) is 17.0. The van der Waals surface area contributed by atoms with Crippen LogP contribution in [-0.2, 0) is 22.4 Å². The molecule has 2 rings (SSSR count). The molecule has 116 valence electrons. The number of nitrogens with one attached hydrogen (secondary N) is 1. The zero-order valence-electron chi connectivity index (χ0n) is 12.1. The molecule has 0 fully saturated rings. The van der Waals surface area contributed by atoms with Crippen molar-refractivity contribution in [3.63, 3.8) is 0 Å². The second kappa shape index (κ2) is 8.97. The van der Waals surface area contributed by atoms with E-state index in [1.165, 1.54) is 30.4 Å². The molecule has 1 aliphatic carbocycles. The summed E-state index contributed by atoms with van der Waals surface area (Å²) in [5, 5.41) is 17.9. The van der Waals surface area contributed by atoms with E-state index in [2.05, 4.69) is 23.5 Å². The molecule has 6 nitrogen and oxygen atoms in total. The highest BCUT2D eigenvalue weighted by molar-refractivity contribution is 6.27. The van der Waals surface area contributed by atoms with Gasteiger partial charge in [-0.2, -0.15) is 0 Å². The molecule has 3 N–H and O–H groups in total. The summed E-state index contributed by atoms with van der Waals surface area (Å²) >= 11 is 0. The lowest BCUT2D eigenvalue weighted by Crippen LogP contribution is -2.11. The zero-order valence-corrected chi connectivity index (χ0v) is 12.1. The molecule has 0 radical (unpaired) electrons. The number of carboxylic acid groups (broad SMARTS) is 2. The Morgan fingerprint density at radius 2 is 1.86 bits per heavy atom. The van der Waals surface area contributed by atoms with Gasteiger partial charge in [-0.3, -0.25) is 0 Å². The number of fused-ring (bicyclic) bond motifs is 1. The van der Waals surface area contributed by atoms with E-state index in [-0.39, 0.29) is 0 Å². The maximum absolute atomic E-state index is 9.10. The number of aryl methyl sites for hydroxylation is 2. The number of hydrogen-bond donors (Lipinski definition) is 3. The van der Waals surface area contributed by atoms with E-state index < -0.39 is 11.9 Å². The summed E-state index contributed by atoms with van der Waals surface area (Å²) in [4.78, 5) is 18.2. The summed E-state index contributed by atoms with van der Waals surface area (Å²) in [7, 11) is 1.97. The quantitative estimate of drug-likeness (QED) is 0.560. The fourth-order valence-corrected chi connectivity index (χ4v) is 2.08. The van der Waals surface area contributed by atoms with Gasteiger partial charge in [-0.15, -0.1) is 0 Å². The standard InChI is InChI=1S/C13H19NO.C2H2O4/c1-14-8-3-9-15-13-7-6-11-4-2-5-12(11)10-13;3-1(4)2(5)6/h6-7,10,14H,2-5,8-9H2,1H3;(H,3,4)(H,5,6). The Hall–Kier alpha value is -2.08. The normalized spacial score (nSPS) is 12.0. The Balaban J connectivity index is 0.000000315.